The second-order valence-electron chi connectivity index (χ2n) is 3.46. The van der Waals surface area contributed by atoms with Crippen LogP contribution in [0.25, 0.3) is 0 Å². The average Bonchev–Trinajstić information content (AvgIpc) is 2.76. The first-order valence-corrected chi connectivity index (χ1v) is 6.65. The summed E-state index contributed by atoms with van der Waals surface area (Å²) in [5, 5.41) is 4.63. The normalized spacial score (nSPS) is 9.63. The molecule has 0 unspecified atom stereocenters. The molecule has 0 aliphatic rings. The molecule has 104 valence electrons. The third-order valence-corrected chi connectivity index (χ3v) is 2.83. The van der Waals surface area contributed by atoms with Crippen LogP contribution < -0.4 is 5.32 Å². The fraction of sp³-hybridized carbons (Fsp3) is 0.417. The summed E-state index contributed by atoms with van der Waals surface area (Å²) in [6.07, 6.45) is 1.28. The quantitative estimate of drug-likeness (QED) is 0.372. The van der Waals surface area contributed by atoms with Gasteiger partial charge in [0.15, 0.2) is 5.57 Å². The van der Waals surface area contributed by atoms with Gasteiger partial charge >= 0.3 is 11.9 Å². The van der Waals surface area contributed by atoms with E-state index in [1.54, 1.807) is 19.2 Å². The number of rotatable bonds is 6. The summed E-state index contributed by atoms with van der Waals surface area (Å²) in [5.41, 5.74) is 1.35. The van der Waals surface area contributed by atoms with E-state index in [1.165, 1.54) is 17.7 Å². The first-order chi connectivity index (χ1) is 9.10. The predicted molar refractivity (Wildman–Crippen MR) is 71.8 cm³/mol. The Morgan fingerprint density at radius 3 is 2.32 bits per heavy atom. The standard InChI is InChI=1S/C12H16N2O4S/c1-4-17-11(15)9(12(16)18-5-2)6-13-10-7-19-14-8(10)3/h6-7,13H,4-5H2,1-3H3. The number of hydrogen-bond donors (Lipinski definition) is 1. The van der Waals surface area contributed by atoms with Crippen LogP contribution in [0.5, 0.6) is 0 Å². The maximum atomic E-state index is 11.7. The summed E-state index contributed by atoms with van der Waals surface area (Å²) >= 11 is 1.28. The second-order valence-corrected chi connectivity index (χ2v) is 4.09. The van der Waals surface area contributed by atoms with Gasteiger partial charge in [0, 0.05) is 11.6 Å². The molecule has 1 N–H and O–H groups in total. The topological polar surface area (TPSA) is 77.5 Å². The lowest BCUT2D eigenvalue weighted by molar-refractivity contribution is -0.146. The van der Waals surface area contributed by atoms with Gasteiger partial charge in [0.25, 0.3) is 0 Å². The minimum Gasteiger partial charge on any atom is -0.462 e. The molecule has 1 heterocycles. The van der Waals surface area contributed by atoms with Crippen molar-refractivity contribution in [1.82, 2.24) is 4.37 Å². The second kappa shape index (κ2) is 7.52. The van der Waals surface area contributed by atoms with E-state index in [1.807, 2.05) is 6.92 Å². The van der Waals surface area contributed by atoms with E-state index < -0.39 is 11.9 Å². The zero-order chi connectivity index (χ0) is 14.3. The Labute approximate surface area is 115 Å². The van der Waals surface area contributed by atoms with Gasteiger partial charge in [-0.1, -0.05) is 0 Å². The number of anilines is 1. The summed E-state index contributed by atoms with van der Waals surface area (Å²) in [7, 11) is 0. The van der Waals surface area contributed by atoms with Crippen LogP contribution in [0, 0.1) is 6.92 Å². The summed E-state index contributed by atoms with van der Waals surface area (Å²) < 4.78 is 13.7. The van der Waals surface area contributed by atoms with Gasteiger partial charge < -0.3 is 14.8 Å². The van der Waals surface area contributed by atoms with E-state index in [0.29, 0.717) is 0 Å². The maximum absolute atomic E-state index is 11.7. The van der Waals surface area contributed by atoms with Crippen molar-refractivity contribution < 1.29 is 19.1 Å². The number of nitrogens with one attached hydrogen (secondary N) is 1. The van der Waals surface area contributed by atoms with Crippen LogP contribution in [-0.2, 0) is 19.1 Å². The van der Waals surface area contributed by atoms with Gasteiger partial charge in [-0.05, 0) is 32.3 Å². The van der Waals surface area contributed by atoms with Gasteiger partial charge in [-0.3, -0.25) is 0 Å². The summed E-state index contributed by atoms with van der Waals surface area (Å²) in [4.78, 5) is 23.3. The fourth-order valence-corrected chi connectivity index (χ4v) is 1.85. The van der Waals surface area contributed by atoms with E-state index in [4.69, 9.17) is 9.47 Å². The van der Waals surface area contributed by atoms with Gasteiger partial charge in [0.1, 0.15) is 0 Å². The summed E-state index contributed by atoms with van der Waals surface area (Å²) in [5.74, 6) is -1.43. The molecule has 0 aliphatic carbocycles. The highest BCUT2D eigenvalue weighted by molar-refractivity contribution is 7.04. The van der Waals surface area contributed by atoms with E-state index in [0.717, 1.165) is 11.4 Å². The molecule has 0 aliphatic heterocycles. The van der Waals surface area contributed by atoms with Gasteiger partial charge in [0.2, 0.25) is 0 Å². The molecule has 1 rings (SSSR count). The van der Waals surface area contributed by atoms with E-state index in [2.05, 4.69) is 9.69 Å². The third kappa shape index (κ3) is 4.36. The predicted octanol–water partition coefficient (Wildman–Crippen LogP) is 1.87. The minimum absolute atomic E-state index is 0.172. The van der Waals surface area contributed by atoms with Crippen LogP contribution in [0.15, 0.2) is 17.2 Å². The van der Waals surface area contributed by atoms with Crippen molar-refractivity contribution in [2.45, 2.75) is 20.8 Å². The van der Waals surface area contributed by atoms with Gasteiger partial charge in [-0.25, -0.2) is 9.59 Å². The Morgan fingerprint density at radius 2 is 1.89 bits per heavy atom. The van der Waals surface area contributed by atoms with Crippen molar-refractivity contribution in [2.75, 3.05) is 18.5 Å². The molecule has 1 aromatic heterocycles. The van der Waals surface area contributed by atoms with Crippen LogP contribution in [0.2, 0.25) is 0 Å². The molecule has 0 spiro atoms. The highest BCUT2D eigenvalue weighted by Gasteiger charge is 2.21. The van der Waals surface area contributed by atoms with Crippen molar-refractivity contribution >= 4 is 29.2 Å². The molecule has 0 saturated heterocycles. The van der Waals surface area contributed by atoms with Crippen LogP contribution in [0.1, 0.15) is 19.5 Å². The number of carbonyl (C=O) groups is 2. The molecule has 0 aromatic carbocycles. The third-order valence-electron chi connectivity index (χ3n) is 2.11. The van der Waals surface area contributed by atoms with Crippen LogP contribution in [0.3, 0.4) is 0 Å². The van der Waals surface area contributed by atoms with Crippen LogP contribution in [0.4, 0.5) is 5.69 Å². The van der Waals surface area contributed by atoms with Crippen LogP contribution >= 0.6 is 11.5 Å². The molecule has 7 heteroatoms. The summed E-state index contributed by atoms with van der Waals surface area (Å²) in [6.45, 7) is 5.53. The fourth-order valence-electron chi connectivity index (χ4n) is 1.20. The summed E-state index contributed by atoms with van der Waals surface area (Å²) in [6, 6.07) is 0. The Hall–Kier alpha value is -1.89. The Kier molecular flexibility index (Phi) is 6.01. The molecular weight excluding hydrogens is 268 g/mol. The Balaban J connectivity index is 2.86. The molecule has 0 amide bonds. The van der Waals surface area contributed by atoms with Gasteiger partial charge in [-0.2, -0.15) is 4.37 Å². The number of esters is 2. The SMILES string of the molecule is CCOC(=O)C(=CNc1csnc1C)C(=O)OCC. The van der Waals surface area contributed by atoms with E-state index >= 15 is 0 Å². The van der Waals surface area contributed by atoms with E-state index in [9.17, 15) is 9.59 Å². The van der Waals surface area contributed by atoms with Crippen molar-refractivity contribution in [3.8, 4) is 0 Å². The first kappa shape index (κ1) is 15.2. The minimum atomic E-state index is -0.714. The molecule has 19 heavy (non-hydrogen) atoms. The highest BCUT2D eigenvalue weighted by atomic mass is 32.1. The average molecular weight is 284 g/mol. The zero-order valence-corrected chi connectivity index (χ0v) is 11.9. The zero-order valence-electron chi connectivity index (χ0n) is 11.1. The molecular formula is C12H16N2O4S. The molecule has 0 radical (unpaired) electrons. The van der Waals surface area contributed by atoms with Crippen molar-refractivity contribution in [3.63, 3.8) is 0 Å². The van der Waals surface area contributed by atoms with E-state index in [-0.39, 0.29) is 18.8 Å². The monoisotopic (exact) mass is 284 g/mol. The molecule has 0 atom stereocenters. The molecule has 1 aromatic rings. The number of ether oxygens (including phenoxy) is 2. The Bertz CT molecular complexity index is 462. The highest BCUT2D eigenvalue weighted by Crippen LogP contribution is 2.16. The maximum Gasteiger partial charge on any atom is 0.347 e. The first-order valence-electron chi connectivity index (χ1n) is 5.82. The van der Waals surface area contributed by atoms with Gasteiger partial charge in [-0.15, -0.1) is 0 Å². The van der Waals surface area contributed by atoms with Gasteiger partial charge in [0.05, 0.1) is 24.6 Å². The number of aromatic nitrogens is 1. The lowest BCUT2D eigenvalue weighted by Crippen LogP contribution is -2.19. The lowest BCUT2D eigenvalue weighted by Gasteiger charge is -2.07. The smallest absolute Gasteiger partial charge is 0.347 e. The van der Waals surface area contributed by atoms with Crippen molar-refractivity contribution in [3.05, 3.63) is 22.8 Å². The molecule has 0 saturated carbocycles. The van der Waals surface area contributed by atoms with Crippen molar-refractivity contribution in [2.24, 2.45) is 0 Å². The number of carbonyl (C=O) groups excluding carboxylic acids is 2. The number of aryl methyl sites for hydroxylation is 1. The largest absolute Gasteiger partial charge is 0.462 e. The molecule has 6 nitrogen and oxygen atoms in total. The number of nitrogens with zero attached hydrogens (tertiary/aromatic N) is 1. The van der Waals surface area contributed by atoms with Crippen LogP contribution in [-0.4, -0.2) is 29.5 Å². The number of hydrogen-bond acceptors (Lipinski definition) is 7. The molecule has 0 bridgehead atoms. The Morgan fingerprint density at radius 1 is 1.32 bits per heavy atom. The van der Waals surface area contributed by atoms with Crippen molar-refractivity contribution in [1.29, 1.82) is 0 Å². The molecule has 0 fully saturated rings. The lowest BCUT2D eigenvalue weighted by atomic mass is 10.3.